The fraction of sp³-hybridized carbons (Fsp3) is 1.00. The first-order valence-corrected chi connectivity index (χ1v) is 5.52. The molecule has 0 aromatic rings. The monoisotopic (exact) mass is 212 g/mol. The summed E-state index contributed by atoms with van der Waals surface area (Å²) in [4.78, 5) is 0.255. The van der Waals surface area contributed by atoms with Gasteiger partial charge in [0, 0.05) is 0 Å². The quantitative estimate of drug-likeness (QED) is 0.488. The summed E-state index contributed by atoms with van der Waals surface area (Å²) in [6.07, 6.45) is -0.576. The Morgan fingerprint density at radius 3 is 2.50 bits per heavy atom. The molecule has 1 rings (SSSR count). The van der Waals surface area contributed by atoms with Gasteiger partial charge in [0.2, 0.25) is 0 Å². The zero-order chi connectivity index (χ0) is 7.56. The molecule has 4 heteroatoms. The van der Waals surface area contributed by atoms with Crippen LogP contribution in [0.2, 0.25) is 10.1 Å². The molecule has 1 aliphatic rings. The second-order valence-corrected chi connectivity index (χ2v) is 5.31. The van der Waals surface area contributed by atoms with Gasteiger partial charge in [-0.15, -0.1) is 0 Å². The van der Waals surface area contributed by atoms with Crippen LogP contribution >= 0.6 is 0 Å². The van der Waals surface area contributed by atoms with Gasteiger partial charge in [0.25, 0.3) is 0 Å². The molecule has 3 nitrogen and oxygen atoms in total. The molecule has 0 bridgehead atoms. The Labute approximate surface area is 66.2 Å². The SMILES string of the molecule is OCC1CC(O)C(O)C[Se]1. The van der Waals surface area contributed by atoms with Crippen molar-refractivity contribution in [1.29, 1.82) is 0 Å². The first kappa shape index (κ1) is 8.50. The van der Waals surface area contributed by atoms with Crippen molar-refractivity contribution in [3.05, 3.63) is 0 Å². The van der Waals surface area contributed by atoms with Crippen LogP contribution in [0.3, 0.4) is 0 Å². The van der Waals surface area contributed by atoms with Crippen LogP contribution in [0.4, 0.5) is 0 Å². The van der Waals surface area contributed by atoms with Crippen molar-refractivity contribution in [2.24, 2.45) is 0 Å². The van der Waals surface area contributed by atoms with Crippen LogP contribution < -0.4 is 0 Å². The fourth-order valence-electron chi connectivity index (χ4n) is 0.967. The summed E-state index contributed by atoms with van der Waals surface area (Å²) in [6.45, 7) is 0.157. The third kappa shape index (κ3) is 1.94. The van der Waals surface area contributed by atoms with E-state index in [9.17, 15) is 0 Å². The van der Waals surface area contributed by atoms with Gasteiger partial charge in [0.1, 0.15) is 0 Å². The van der Waals surface area contributed by atoms with E-state index in [0.717, 1.165) is 0 Å². The molecule has 1 fully saturated rings. The van der Waals surface area contributed by atoms with Crippen molar-refractivity contribution in [2.75, 3.05) is 6.61 Å². The van der Waals surface area contributed by atoms with E-state index in [1.54, 1.807) is 0 Å². The van der Waals surface area contributed by atoms with Crippen LogP contribution in [0.1, 0.15) is 6.42 Å². The van der Waals surface area contributed by atoms with Gasteiger partial charge < -0.3 is 0 Å². The molecule has 3 atom stereocenters. The zero-order valence-electron chi connectivity index (χ0n) is 5.60. The summed E-state index contributed by atoms with van der Waals surface area (Å²) in [6, 6.07) is 0. The van der Waals surface area contributed by atoms with Crippen LogP contribution in [0.15, 0.2) is 0 Å². The van der Waals surface area contributed by atoms with Crippen molar-refractivity contribution >= 4 is 15.0 Å². The molecule has 3 N–H and O–H groups in total. The van der Waals surface area contributed by atoms with Gasteiger partial charge in [0.05, 0.1) is 0 Å². The predicted molar refractivity (Wildman–Crippen MR) is 38.0 cm³/mol. The van der Waals surface area contributed by atoms with E-state index in [4.69, 9.17) is 15.3 Å². The van der Waals surface area contributed by atoms with Gasteiger partial charge >= 0.3 is 65.6 Å². The van der Waals surface area contributed by atoms with Gasteiger partial charge in [-0.25, -0.2) is 0 Å². The molecule has 0 amide bonds. The number of hydrogen-bond acceptors (Lipinski definition) is 3. The number of rotatable bonds is 1. The third-order valence-corrected chi connectivity index (χ3v) is 4.48. The zero-order valence-corrected chi connectivity index (χ0v) is 7.32. The Kier molecular flexibility index (Phi) is 3.14. The molecule has 10 heavy (non-hydrogen) atoms. The maximum atomic E-state index is 9.13. The van der Waals surface area contributed by atoms with Crippen LogP contribution in [0, 0.1) is 0 Å². The van der Waals surface area contributed by atoms with Gasteiger partial charge in [-0.3, -0.25) is 0 Å². The molecule has 60 valence electrons. The number of aliphatic hydroxyl groups excluding tert-OH is 3. The summed E-state index contributed by atoms with van der Waals surface area (Å²) in [5, 5.41) is 27.6. The minimum atomic E-state index is -0.604. The van der Waals surface area contributed by atoms with Crippen molar-refractivity contribution in [2.45, 2.75) is 28.8 Å². The van der Waals surface area contributed by atoms with E-state index >= 15 is 0 Å². The van der Waals surface area contributed by atoms with Crippen LogP contribution in [0.5, 0.6) is 0 Å². The van der Waals surface area contributed by atoms with Crippen molar-refractivity contribution in [3.8, 4) is 0 Å². The molecule has 1 heterocycles. The Morgan fingerprint density at radius 2 is 2.00 bits per heavy atom. The normalized spacial score (nSPS) is 41.7. The van der Waals surface area contributed by atoms with Crippen LogP contribution in [-0.2, 0) is 0 Å². The van der Waals surface area contributed by atoms with Crippen LogP contribution in [-0.4, -0.2) is 49.1 Å². The molecule has 0 aromatic carbocycles. The first-order chi connectivity index (χ1) is 4.74. The van der Waals surface area contributed by atoms with E-state index in [1.807, 2.05) is 0 Å². The van der Waals surface area contributed by atoms with E-state index in [-0.39, 0.29) is 11.4 Å². The van der Waals surface area contributed by atoms with E-state index < -0.39 is 12.2 Å². The van der Waals surface area contributed by atoms with Gasteiger partial charge in [-0.2, -0.15) is 0 Å². The summed E-state index contributed by atoms with van der Waals surface area (Å²) < 4.78 is 0. The molecule has 0 saturated carbocycles. The summed E-state index contributed by atoms with van der Waals surface area (Å²) in [5.41, 5.74) is 0. The molecule has 0 aromatic heterocycles. The topological polar surface area (TPSA) is 60.7 Å². The number of aliphatic hydroxyl groups is 3. The standard InChI is InChI=1S/C6H12O3Se/c7-2-4-1-5(8)6(9)3-10-4/h4-9H,1-3H2. The molecular formula is C6H12O3Se. The van der Waals surface area contributed by atoms with E-state index in [0.29, 0.717) is 26.7 Å². The molecule has 1 aliphatic heterocycles. The van der Waals surface area contributed by atoms with Crippen molar-refractivity contribution in [1.82, 2.24) is 0 Å². The predicted octanol–water partition coefficient (Wildman–Crippen LogP) is -0.985. The summed E-state index contributed by atoms with van der Waals surface area (Å²) in [5.74, 6) is 0. The average Bonchev–Trinajstić information content (AvgIpc) is 1.95. The molecule has 1 saturated heterocycles. The Bertz CT molecular complexity index is 109. The van der Waals surface area contributed by atoms with Gasteiger partial charge in [0.15, 0.2) is 0 Å². The van der Waals surface area contributed by atoms with Crippen molar-refractivity contribution < 1.29 is 15.3 Å². The van der Waals surface area contributed by atoms with Crippen molar-refractivity contribution in [3.63, 3.8) is 0 Å². The van der Waals surface area contributed by atoms with E-state index in [1.165, 1.54) is 0 Å². The summed E-state index contributed by atoms with van der Waals surface area (Å²) >= 11 is 0.313. The fourth-order valence-corrected chi connectivity index (χ4v) is 3.34. The first-order valence-electron chi connectivity index (χ1n) is 3.32. The minimum absolute atomic E-state index is 0.157. The second-order valence-electron chi connectivity index (χ2n) is 2.51. The number of hydrogen-bond donors (Lipinski definition) is 3. The Balaban J connectivity index is 2.33. The maximum absolute atomic E-state index is 9.13. The van der Waals surface area contributed by atoms with Gasteiger partial charge in [-0.05, 0) is 0 Å². The Morgan fingerprint density at radius 1 is 1.30 bits per heavy atom. The third-order valence-electron chi connectivity index (χ3n) is 1.65. The Hall–Kier alpha value is 0.399. The molecule has 0 radical (unpaired) electrons. The van der Waals surface area contributed by atoms with E-state index in [2.05, 4.69) is 0 Å². The molecule has 3 unspecified atom stereocenters. The molecule has 0 aliphatic carbocycles. The average molecular weight is 211 g/mol. The molecule has 0 spiro atoms. The van der Waals surface area contributed by atoms with Crippen LogP contribution in [0.25, 0.3) is 0 Å². The van der Waals surface area contributed by atoms with Gasteiger partial charge in [-0.1, -0.05) is 0 Å². The summed E-state index contributed by atoms with van der Waals surface area (Å²) in [7, 11) is 0. The second kappa shape index (κ2) is 3.69. The molecular weight excluding hydrogens is 199 g/mol.